The number of hydrogen-bond acceptors (Lipinski definition) is 3. The highest BCUT2D eigenvalue weighted by Gasteiger charge is 2.14. The standard InChI is InChI=1S/C9H9F2NO2S/c1-14-12-8(13)6-4-2-3-5-7(6)15-9(10)11/h2-5,9H,1H3,(H,12,13). The van der Waals surface area contributed by atoms with Crippen LogP contribution in [0, 0.1) is 0 Å². The van der Waals surface area contributed by atoms with E-state index in [0.29, 0.717) is 11.8 Å². The van der Waals surface area contributed by atoms with Crippen LogP contribution >= 0.6 is 11.8 Å². The third-order valence-corrected chi connectivity index (χ3v) is 2.33. The SMILES string of the molecule is CONC(=O)c1ccccc1SC(F)F. The van der Waals surface area contributed by atoms with Gasteiger partial charge in [-0.1, -0.05) is 23.9 Å². The first-order chi connectivity index (χ1) is 7.15. The Morgan fingerprint density at radius 2 is 2.13 bits per heavy atom. The van der Waals surface area contributed by atoms with Gasteiger partial charge >= 0.3 is 0 Å². The van der Waals surface area contributed by atoms with Gasteiger partial charge in [-0.3, -0.25) is 9.63 Å². The zero-order valence-electron chi connectivity index (χ0n) is 7.87. The highest BCUT2D eigenvalue weighted by Crippen LogP contribution is 2.28. The third kappa shape index (κ3) is 3.49. The number of alkyl halides is 2. The molecule has 3 nitrogen and oxygen atoms in total. The lowest BCUT2D eigenvalue weighted by molar-refractivity contribution is 0.0534. The number of carbonyl (C=O) groups excluding carboxylic acids is 1. The number of thioether (sulfide) groups is 1. The van der Waals surface area contributed by atoms with E-state index in [1.165, 1.54) is 19.2 Å². The van der Waals surface area contributed by atoms with E-state index in [0.717, 1.165) is 0 Å². The van der Waals surface area contributed by atoms with Gasteiger partial charge in [0.15, 0.2) is 0 Å². The quantitative estimate of drug-likeness (QED) is 0.640. The second-order valence-corrected chi connectivity index (χ2v) is 3.54. The van der Waals surface area contributed by atoms with Crippen LogP contribution in [0.1, 0.15) is 10.4 Å². The Hall–Kier alpha value is -1.14. The van der Waals surface area contributed by atoms with Gasteiger partial charge in [0, 0.05) is 4.90 Å². The zero-order valence-corrected chi connectivity index (χ0v) is 8.68. The third-order valence-electron chi connectivity index (χ3n) is 1.54. The molecule has 0 aliphatic carbocycles. The van der Waals surface area contributed by atoms with Crippen molar-refractivity contribution in [1.82, 2.24) is 5.48 Å². The van der Waals surface area contributed by atoms with Gasteiger partial charge in [0.1, 0.15) is 0 Å². The fraction of sp³-hybridized carbons (Fsp3) is 0.222. The molecule has 0 saturated carbocycles. The van der Waals surface area contributed by atoms with Crippen molar-refractivity contribution in [2.75, 3.05) is 7.11 Å². The summed E-state index contributed by atoms with van der Waals surface area (Å²) < 4.78 is 24.3. The van der Waals surface area contributed by atoms with E-state index in [2.05, 4.69) is 10.3 Å². The van der Waals surface area contributed by atoms with Crippen LogP contribution in [0.4, 0.5) is 8.78 Å². The number of amides is 1. The number of hydroxylamine groups is 1. The van der Waals surface area contributed by atoms with Gasteiger partial charge in [0.05, 0.1) is 12.7 Å². The summed E-state index contributed by atoms with van der Waals surface area (Å²) >= 11 is 0.330. The molecule has 0 aliphatic heterocycles. The molecule has 82 valence electrons. The fourth-order valence-electron chi connectivity index (χ4n) is 1.00. The monoisotopic (exact) mass is 233 g/mol. The number of hydrogen-bond donors (Lipinski definition) is 1. The molecule has 0 aromatic heterocycles. The van der Waals surface area contributed by atoms with Crippen LogP contribution < -0.4 is 5.48 Å². The minimum absolute atomic E-state index is 0.171. The fourth-order valence-corrected chi connectivity index (χ4v) is 1.64. The summed E-state index contributed by atoms with van der Waals surface area (Å²) in [4.78, 5) is 16.0. The van der Waals surface area contributed by atoms with Crippen molar-refractivity contribution in [2.24, 2.45) is 0 Å². The summed E-state index contributed by atoms with van der Waals surface area (Å²) in [6, 6.07) is 6.11. The van der Waals surface area contributed by atoms with Gasteiger partial charge in [0.2, 0.25) is 0 Å². The Balaban J connectivity index is 2.90. The lowest BCUT2D eigenvalue weighted by atomic mass is 10.2. The minimum Gasteiger partial charge on any atom is -0.277 e. The van der Waals surface area contributed by atoms with Crippen LogP contribution in [0.15, 0.2) is 29.2 Å². The molecule has 1 aromatic rings. The van der Waals surface area contributed by atoms with Crippen molar-refractivity contribution in [3.05, 3.63) is 29.8 Å². The Morgan fingerprint density at radius 3 is 2.73 bits per heavy atom. The molecule has 1 N–H and O–H groups in total. The zero-order chi connectivity index (χ0) is 11.3. The normalized spacial score (nSPS) is 10.4. The number of rotatable bonds is 4. The molecule has 0 unspecified atom stereocenters. The van der Waals surface area contributed by atoms with Crippen LogP contribution in [0.5, 0.6) is 0 Å². The molecule has 0 fully saturated rings. The Labute approximate surface area is 89.8 Å². The second-order valence-electron chi connectivity index (χ2n) is 2.51. The number of halogens is 2. The Kier molecular flexibility index (Phi) is 4.51. The molecule has 0 bridgehead atoms. The van der Waals surface area contributed by atoms with Crippen molar-refractivity contribution in [3.63, 3.8) is 0 Å². The summed E-state index contributed by atoms with van der Waals surface area (Å²) in [5.74, 6) is -3.09. The van der Waals surface area contributed by atoms with E-state index in [1.807, 2.05) is 0 Å². The molecule has 15 heavy (non-hydrogen) atoms. The molecule has 0 aliphatic rings. The predicted octanol–water partition coefficient (Wildman–Crippen LogP) is 2.29. The molecular formula is C9H9F2NO2S. The molecule has 6 heteroatoms. The smallest absolute Gasteiger partial charge is 0.277 e. The number of carbonyl (C=O) groups is 1. The van der Waals surface area contributed by atoms with Gasteiger partial charge in [-0.05, 0) is 12.1 Å². The van der Waals surface area contributed by atoms with Crippen LogP contribution in [0.25, 0.3) is 0 Å². The van der Waals surface area contributed by atoms with E-state index in [9.17, 15) is 13.6 Å². The van der Waals surface area contributed by atoms with Crippen molar-refractivity contribution in [1.29, 1.82) is 0 Å². The Morgan fingerprint density at radius 1 is 1.47 bits per heavy atom. The predicted molar refractivity (Wildman–Crippen MR) is 52.8 cm³/mol. The van der Waals surface area contributed by atoms with Crippen molar-refractivity contribution in [3.8, 4) is 0 Å². The maximum atomic E-state index is 12.1. The highest BCUT2D eigenvalue weighted by molar-refractivity contribution is 7.99. The van der Waals surface area contributed by atoms with E-state index in [4.69, 9.17) is 0 Å². The van der Waals surface area contributed by atoms with E-state index < -0.39 is 11.7 Å². The lowest BCUT2D eigenvalue weighted by Crippen LogP contribution is -2.22. The van der Waals surface area contributed by atoms with Crippen molar-refractivity contribution < 1.29 is 18.4 Å². The average molecular weight is 233 g/mol. The first kappa shape index (κ1) is 11.9. The second kappa shape index (κ2) is 5.67. The largest absolute Gasteiger partial charge is 0.288 e. The molecule has 1 amide bonds. The van der Waals surface area contributed by atoms with Gasteiger partial charge in [-0.2, -0.15) is 8.78 Å². The molecule has 1 aromatic carbocycles. The first-order valence-electron chi connectivity index (χ1n) is 4.02. The topological polar surface area (TPSA) is 38.3 Å². The minimum atomic E-state index is -2.55. The summed E-state index contributed by atoms with van der Waals surface area (Å²) in [6.45, 7) is 0. The molecule has 0 radical (unpaired) electrons. The number of benzene rings is 1. The summed E-state index contributed by atoms with van der Waals surface area (Å²) in [7, 11) is 1.28. The van der Waals surface area contributed by atoms with Gasteiger partial charge in [0.25, 0.3) is 11.7 Å². The van der Waals surface area contributed by atoms with Crippen LogP contribution in [-0.2, 0) is 4.84 Å². The summed E-state index contributed by atoms with van der Waals surface area (Å²) in [6.07, 6.45) is 0. The molecule has 0 saturated heterocycles. The molecule has 1 rings (SSSR count). The maximum Gasteiger partial charge on any atom is 0.288 e. The summed E-state index contributed by atoms with van der Waals surface area (Å²) in [5, 5.41) is 0. The van der Waals surface area contributed by atoms with Crippen LogP contribution in [0.3, 0.4) is 0 Å². The van der Waals surface area contributed by atoms with Crippen molar-refractivity contribution in [2.45, 2.75) is 10.7 Å². The molecular weight excluding hydrogens is 224 g/mol. The maximum absolute atomic E-state index is 12.1. The Bertz CT molecular complexity index is 347. The lowest BCUT2D eigenvalue weighted by Gasteiger charge is -2.07. The molecule has 0 spiro atoms. The van der Waals surface area contributed by atoms with E-state index >= 15 is 0 Å². The van der Waals surface area contributed by atoms with Crippen LogP contribution in [-0.4, -0.2) is 18.8 Å². The van der Waals surface area contributed by atoms with E-state index in [1.54, 1.807) is 12.1 Å². The average Bonchev–Trinajstić information content (AvgIpc) is 2.18. The number of nitrogens with one attached hydrogen (secondary N) is 1. The summed E-state index contributed by atoms with van der Waals surface area (Å²) in [5.41, 5.74) is 2.25. The molecule has 0 heterocycles. The van der Waals surface area contributed by atoms with Gasteiger partial charge in [-0.15, -0.1) is 0 Å². The van der Waals surface area contributed by atoms with Crippen molar-refractivity contribution >= 4 is 17.7 Å². The molecule has 0 atom stereocenters. The van der Waals surface area contributed by atoms with Gasteiger partial charge in [-0.25, -0.2) is 5.48 Å². The van der Waals surface area contributed by atoms with Crippen LogP contribution in [0.2, 0.25) is 0 Å². The highest BCUT2D eigenvalue weighted by atomic mass is 32.2. The van der Waals surface area contributed by atoms with Gasteiger partial charge < -0.3 is 0 Å². The van der Waals surface area contributed by atoms with E-state index in [-0.39, 0.29) is 10.5 Å². The first-order valence-corrected chi connectivity index (χ1v) is 4.90.